The summed E-state index contributed by atoms with van der Waals surface area (Å²) < 4.78 is 10.5. The van der Waals surface area contributed by atoms with E-state index in [1.54, 1.807) is 24.5 Å². The molecule has 4 heteroatoms. The number of aldehydes is 1. The Balaban J connectivity index is 1.71. The van der Waals surface area contributed by atoms with Crippen molar-refractivity contribution in [3.8, 4) is 5.95 Å². The predicted molar refractivity (Wildman–Crippen MR) is 62.1 cm³/mol. The van der Waals surface area contributed by atoms with Gasteiger partial charge >= 0.3 is 0 Å². The second-order valence-electron chi connectivity index (χ2n) is 3.58. The first-order valence-electron chi connectivity index (χ1n) is 5.45. The molecule has 0 saturated carbocycles. The van der Waals surface area contributed by atoms with Crippen LogP contribution in [-0.2, 0) is 6.42 Å². The molecule has 88 valence electrons. The fourth-order valence-corrected chi connectivity index (χ4v) is 1.47. The molecule has 0 aromatic carbocycles. The van der Waals surface area contributed by atoms with Crippen molar-refractivity contribution in [3.05, 3.63) is 48.0 Å². The summed E-state index contributed by atoms with van der Waals surface area (Å²) in [5.41, 5.74) is 1.23. The zero-order valence-electron chi connectivity index (χ0n) is 9.33. The number of ether oxygens (including phenoxy) is 1. The Labute approximate surface area is 99.2 Å². The highest BCUT2D eigenvalue weighted by Crippen LogP contribution is 2.14. The Hall–Kier alpha value is -2.10. The van der Waals surface area contributed by atoms with Gasteiger partial charge in [-0.15, -0.1) is 0 Å². The van der Waals surface area contributed by atoms with Gasteiger partial charge in [0.25, 0.3) is 5.95 Å². The van der Waals surface area contributed by atoms with Crippen molar-refractivity contribution in [2.24, 2.45) is 0 Å². The third kappa shape index (κ3) is 3.45. The molecule has 0 N–H and O–H groups in total. The maximum atomic E-state index is 10.4. The van der Waals surface area contributed by atoms with Crippen LogP contribution in [0.4, 0.5) is 0 Å². The second kappa shape index (κ2) is 5.84. The molecule has 0 unspecified atom stereocenters. The standard InChI is InChI=1S/C13H13NO3/c15-10-12-3-4-13(17-12)16-9-1-2-11-5-7-14-8-6-11/h3-8,10H,1-2,9H2. The normalized spacial score (nSPS) is 10.1. The van der Waals surface area contributed by atoms with Crippen LogP contribution in [0.5, 0.6) is 5.95 Å². The van der Waals surface area contributed by atoms with Crippen molar-refractivity contribution in [2.45, 2.75) is 12.8 Å². The summed E-state index contributed by atoms with van der Waals surface area (Å²) in [5.74, 6) is 0.677. The Morgan fingerprint density at radius 3 is 2.76 bits per heavy atom. The largest absolute Gasteiger partial charge is 0.465 e. The summed E-state index contributed by atoms with van der Waals surface area (Å²) >= 11 is 0. The second-order valence-corrected chi connectivity index (χ2v) is 3.58. The van der Waals surface area contributed by atoms with Crippen LogP contribution >= 0.6 is 0 Å². The molecule has 0 spiro atoms. The summed E-state index contributed by atoms with van der Waals surface area (Å²) in [5, 5.41) is 0. The number of hydrogen-bond acceptors (Lipinski definition) is 4. The minimum atomic E-state index is 0.286. The number of pyridine rings is 1. The van der Waals surface area contributed by atoms with Crippen LogP contribution in [-0.4, -0.2) is 17.9 Å². The SMILES string of the molecule is O=Cc1ccc(OCCCc2ccncc2)o1. The van der Waals surface area contributed by atoms with Crippen LogP contribution < -0.4 is 4.74 Å². The number of carbonyl (C=O) groups is 1. The van der Waals surface area contributed by atoms with Crippen LogP contribution in [0.3, 0.4) is 0 Å². The number of aromatic nitrogens is 1. The summed E-state index contributed by atoms with van der Waals surface area (Å²) in [7, 11) is 0. The van der Waals surface area contributed by atoms with Crippen LogP contribution in [0.15, 0.2) is 41.1 Å². The zero-order chi connectivity index (χ0) is 11.9. The van der Waals surface area contributed by atoms with Gasteiger partial charge in [-0.1, -0.05) is 0 Å². The molecular weight excluding hydrogens is 218 g/mol. The smallest absolute Gasteiger partial charge is 0.284 e. The number of hydrogen-bond donors (Lipinski definition) is 0. The molecule has 0 saturated heterocycles. The van der Waals surface area contributed by atoms with Gasteiger partial charge in [-0.2, -0.15) is 0 Å². The van der Waals surface area contributed by atoms with Crippen LogP contribution in [0.1, 0.15) is 22.5 Å². The minimum absolute atomic E-state index is 0.286. The molecule has 4 nitrogen and oxygen atoms in total. The van der Waals surface area contributed by atoms with Gasteiger partial charge in [0.2, 0.25) is 0 Å². The third-order valence-electron chi connectivity index (χ3n) is 2.32. The summed E-state index contributed by atoms with van der Waals surface area (Å²) in [6, 6.07) is 7.20. The van der Waals surface area contributed by atoms with Gasteiger partial charge in [0.05, 0.1) is 6.61 Å². The number of aryl methyl sites for hydroxylation is 1. The summed E-state index contributed by atoms with van der Waals surface area (Å²) in [4.78, 5) is 14.3. The summed E-state index contributed by atoms with van der Waals surface area (Å²) in [6.45, 7) is 0.564. The molecule has 2 aromatic rings. The lowest BCUT2D eigenvalue weighted by atomic mass is 10.1. The topological polar surface area (TPSA) is 52.3 Å². The maximum absolute atomic E-state index is 10.4. The van der Waals surface area contributed by atoms with E-state index >= 15 is 0 Å². The van der Waals surface area contributed by atoms with E-state index in [9.17, 15) is 4.79 Å². The Morgan fingerprint density at radius 2 is 2.06 bits per heavy atom. The first kappa shape index (κ1) is 11.4. The highest BCUT2D eigenvalue weighted by molar-refractivity contribution is 5.70. The highest BCUT2D eigenvalue weighted by atomic mass is 16.6. The lowest BCUT2D eigenvalue weighted by Gasteiger charge is -2.02. The van der Waals surface area contributed by atoms with Gasteiger partial charge in [0, 0.05) is 18.5 Å². The van der Waals surface area contributed by atoms with Crippen LogP contribution in [0.25, 0.3) is 0 Å². The zero-order valence-corrected chi connectivity index (χ0v) is 9.33. The van der Waals surface area contributed by atoms with E-state index in [-0.39, 0.29) is 5.76 Å². The molecule has 0 bridgehead atoms. The number of rotatable bonds is 6. The maximum Gasteiger partial charge on any atom is 0.284 e. The van der Waals surface area contributed by atoms with Gasteiger partial charge < -0.3 is 9.15 Å². The molecule has 0 amide bonds. The van der Waals surface area contributed by atoms with Crippen LogP contribution in [0.2, 0.25) is 0 Å². The number of carbonyl (C=O) groups excluding carboxylic acids is 1. The van der Waals surface area contributed by atoms with E-state index in [4.69, 9.17) is 9.15 Å². The third-order valence-corrected chi connectivity index (χ3v) is 2.32. The van der Waals surface area contributed by atoms with Gasteiger partial charge in [0.15, 0.2) is 12.0 Å². The molecule has 0 aliphatic heterocycles. The first-order chi connectivity index (χ1) is 8.38. The van der Waals surface area contributed by atoms with Crippen molar-refractivity contribution in [1.29, 1.82) is 0 Å². The van der Waals surface area contributed by atoms with Crippen molar-refractivity contribution < 1.29 is 13.9 Å². The van der Waals surface area contributed by atoms with Gasteiger partial charge in [-0.05, 0) is 36.6 Å². The van der Waals surface area contributed by atoms with E-state index in [2.05, 4.69) is 4.98 Å². The highest BCUT2D eigenvalue weighted by Gasteiger charge is 2.01. The molecule has 0 fully saturated rings. The fraction of sp³-hybridized carbons (Fsp3) is 0.231. The van der Waals surface area contributed by atoms with Gasteiger partial charge in [-0.3, -0.25) is 9.78 Å². The Bertz CT molecular complexity index is 465. The fourth-order valence-electron chi connectivity index (χ4n) is 1.47. The average molecular weight is 231 g/mol. The average Bonchev–Trinajstić information content (AvgIpc) is 2.84. The van der Waals surface area contributed by atoms with Crippen LogP contribution in [0, 0.1) is 0 Å². The van der Waals surface area contributed by atoms with E-state index in [1.165, 1.54) is 5.56 Å². The van der Waals surface area contributed by atoms with Crippen molar-refractivity contribution in [1.82, 2.24) is 4.98 Å². The molecule has 0 radical (unpaired) electrons. The molecule has 2 rings (SSSR count). The van der Waals surface area contributed by atoms with Crippen molar-refractivity contribution >= 4 is 6.29 Å². The van der Waals surface area contributed by atoms with Crippen molar-refractivity contribution in [3.63, 3.8) is 0 Å². The molecule has 0 aliphatic rings. The number of furan rings is 1. The monoisotopic (exact) mass is 231 g/mol. The molecular formula is C13H13NO3. The molecule has 0 atom stereocenters. The van der Waals surface area contributed by atoms with Gasteiger partial charge in [-0.25, -0.2) is 0 Å². The first-order valence-corrected chi connectivity index (χ1v) is 5.45. The van der Waals surface area contributed by atoms with E-state index in [0.717, 1.165) is 12.8 Å². The predicted octanol–water partition coefficient (Wildman–Crippen LogP) is 2.50. The van der Waals surface area contributed by atoms with E-state index in [0.29, 0.717) is 18.8 Å². The molecule has 2 heterocycles. The lowest BCUT2D eigenvalue weighted by Crippen LogP contribution is -1.98. The van der Waals surface area contributed by atoms with E-state index < -0.39 is 0 Å². The Kier molecular flexibility index (Phi) is 3.91. The molecule has 0 aliphatic carbocycles. The molecule has 17 heavy (non-hydrogen) atoms. The van der Waals surface area contributed by atoms with E-state index in [1.807, 2.05) is 12.1 Å². The quantitative estimate of drug-likeness (QED) is 0.566. The molecule has 2 aromatic heterocycles. The Morgan fingerprint density at radius 1 is 1.24 bits per heavy atom. The van der Waals surface area contributed by atoms with Crippen molar-refractivity contribution in [2.75, 3.05) is 6.61 Å². The summed E-state index contributed by atoms with van der Waals surface area (Å²) in [6.07, 6.45) is 6.03. The number of nitrogens with zero attached hydrogens (tertiary/aromatic N) is 1. The minimum Gasteiger partial charge on any atom is -0.465 e. The lowest BCUT2D eigenvalue weighted by molar-refractivity contribution is 0.109. The van der Waals surface area contributed by atoms with Gasteiger partial charge in [0.1, 0.15) is 0 Å².